The lowest BCUT2D eigenvalue weighted by molar-refractivity contribution is -0.0963. The third-order valence-electron chi connectivity index (χ3n) is 3.56. The van der Waals surface area contributed by atoms with E-state index in [4.69, 9.17) is 21.1 Å². The number of halogens is 1. The SMILES string of the molecule is CN(Cc1ccc2cccc(Cl)c2n1)C[C@H]1COCCO1. The first-order chi connectivity index (χ1) is 10.2. The standard InChI is InChI=1S/C16H19ClN2O2/c1-19(10-14-11-20-7-8-21-14)9-13-6-5-12-3-2-4-15(17)16(12)18-13/h2-6,14H,7-11H2,1H3/t14-/m0/s1. The molecule has 1 saturated heterocycles. The van der Waals surface area contributed by atoms with Gasteiger partial charge in [0.05, 0.1) is 42.2 Å². The molecule has 0 aliphatic carbocycles. The van der Waals surface area contributed by atoms with Gasteiger partial charge in [-0.05, 0) is 19.2 Å². The van der Waals surface area contributed by atoms with Crippen LogP contribution < -0.4 is 0 Å². The number of hydrogen-bond acceptors (Lipinski definition) is 4. The average molecular weight is 307 g/mol. The van der Waals surface area contributed by atoms with Crippen molar-refractivity contribution in [2.75, 3.05) is 33.4 Å². The molecular formula is C16H19ClN2O2. The summed E-state index contributed by atoms with van der Waals surface area (Å²) < 4.78 is 11.1. The molecule has 0 saturated carbocycles. The van der Waals surface area contributed by atoms with E-state index in [0.717, 1.165) is 29.7 Å². The molecule has 0 bridgehead atoms. The van der Waals surface area contributed by atoms with Crippen LogP contribution in [-0.2, 0) is 16.0 Å². The highest BCUT2D eigenvalue weighted by Crippen LogP contribution is 2.21. The number of benzene rings is 1. The summed E-state index contributed by atoms with van der Waals surface area (Å²) in [5.74, 6) is 0. The van der Waals surface area contributed by atoms with E-state index in [-0.39, 0.29) is 6.10 Å². The summed E-state index contributed by atoms with van der Waals surface area (Å²) in [7, 11) is 2.07. The second kappa shape index (κ2) is 6.71. The number of rotatable bonds is 4. The fourth-order valence-electron chi connectivity index (χ4n) is 2.57. The fourth-order valence-corrected chi connectivity index (χ4v) is 2.79. The van der Waals surface area contributed by atoms with E-state index >= 15 is 0 Å². The van der Waals surface area contributed by atoms with Crippen LogP contribution in [0, 0.1) is 0 Å². The van der Waals surface area contributed by atoms with Crippen LogP contribution in [0.25, 0.3) is 10.9 Å². The van der Waals surface area contributed by atoms with Crippen molar-refractivity contribution >= 4 is 22.5 Å². The molecule has 4 nitrogen and oxygen atoms in total. The number of fused-ring (bicyclic) bond motifs is 1. The zero-order valence-electron chi connectivity index (χ0n) is 12.1. The van der Waals surface area contributed by atoms with Gasteiger partial charge >= 0.3 is 0 Å². The van der Waals surface area contributed by atoms with Crippen molar-refractivity contribution in [3.05, 3.63) is 41.0 Å². The average Bonchev–Trinajstić information content (AvgIpc) is 2.49. The van der Waals surface area contributed by atoms with Crippen molar-refractivity contribution < 1.29 is 9.47 Å². The summed E-state index contributed by atoms with van der Waals surface area (Å²) >= 11 is 6.21. The first-order valence-corrected chi connectivity index (χ1v) is 7.52. The Balaban J connectivity index is 1.67. The lowest BCUT2D eigenvalue weighted by atomic mass is 10.2. The van der Waals surface area contributed by atoms with Gasteiger partial charge in [0, 0.05) is 18.5 Å². The highest BCUT2D eigenvalue weighted by Gasteiger charge is 2.16. The molecule has 1 aliphatic rings. The zero-order valence-corrected chi connectivity index (χ0v) is 12.8. The van der Waals surface area contributed by atoms with Crippen molar-refractivity contribution in [3.8, 4) is 0 Å². The Hall–Kier alpha value is -1.20. The minimum Gasteiger partial charge on any atom is -0.376 e. The lowest BCUT2D eigenvalue weighted by Gasteiger charge is -2.27. The molecule has 3 rings (SSSR count). The van der Waals surface area contributed by atoms with E-state index in [0.29, 0.717) is 24.8 Å². The van der Waals surface area contributed by atoms with Crippen molar-refractivity contribution in [3.63, 3.8) is 0 Å². The Kier molecular flexibility index (Phi) is 4.70. The van der Waals surface area contributed by atoms with Gasteiger partial charge in [-0.15, -0.1) is 0 Å². The monoisotopic (exact) mass is 306 g/mol. The van der Waals surface area contributed by atoms with Crippen molar-refractivity contribution in [1.29, 1.82) is 0 Å². The molecule has 0 amide bonds. The van der Waals surface area contributed by atoms with Crippen LogP contribution in [0.4, 0.5) is 0 Å². The van der Waals surface area contributed by atoms with Crippen LogP contribution in [-0.4, -0.2) is 49.4 Å². The molecule has 1 aromatic carbocycles. The van der Waals surface area contributed by atoms with Gasteiger partial charge in [0.2, 0.25) is 0 Å². The Morgan fingerprint density at radius 1 is 1.29 bits per heavy atom. The van der Waals surface area contributed by atoms with Crippen LogP contribution in [0.15, 0.2) is 30.3 Å². The van der Waals surface area contributed by atoms with Gasteiger partial charge < -0.3 is 9.47 Å². The normalized spacial score (nSPS) is 19.3. The molecule has 0 spiro atoms. The summed E-state index contributed by atoms with van der Waals surface area (Å²) in [5.41, 5.74) is 1.87. The zero-order chi connectivity index (χ0) is 14.7. The highest BCUT2D eigenvalue weighted by atomic mass is 35.5. The molecule has 0 unspecified atom stereocenters. The van der Waals surface area contributed by atoms with Gasteiger partial charge in [-0.2, -0.15) is 0 Å². The fraction of sp³-hybridized carbons (Fsp3) is 0.438. The minimum atomic E-state index is 0.146. The Labute approximate surface area is 129 Å². The number of pyridine rings is 1. The van der Waals surface area contributed by atoms with Gasteiger partial charge in [-0.25, -0.2) is 4.98 Å². The topological polar surface area (TPSA) is 34.6 Å². The maximum Gasteiger partial charge on any atom is 0.0936 e. The van der Waals surface area contributed by atoms with E-state index in [1.54, 1.807) is 0 Å². The molecule has 2 heterocycles. The second-order valence-electron chi connectivity index (χ2n) is 5.38. The van der Waals surface area contributed by atoms with Crippen LogP contribution in [0.1, 0.15) is 5.69 Å². The van der Waals surface area contributed by atoms with Gasteiger partial charge in [-0.1, -0.05) is 29.8 Å². The quantitative estimate of drug-likeness (QED) is 0.870. The molecule has 0 radical (unpaired) electrons. The van der Waals surface area contributed by atoms with E-state index < -0.39 is 0 Å². The Morgan fingerprint density at radius 3 is 3.00 bits per heavy atom. The molecule has 0 N–H and O–H groups in total. The lowest BCUT2D eigenvalue weighted by Crippen LogP contribution is -2.38. The third kappa shape index (κ3) is 3.71. The maximum absolute atomic E-state index is 6.21. The van der Waals surface area contributed by atoms with E-state index in [1.807, 2.05) is 24.3 Å². The molecule has 1 atom stereocenters. The van der Waals surface area contributed by atoms with Crippen molar-refractivity contribution in [2.24, 2.45) is 0 Å². The van der Waals surface area contributed by atoms with Gasteiger partial charge in [0.25, 0.3) is 0 Å². The van der Waals surface area contributed by atoms with Gasteiger partial charge in [0.1, 0.15) is 0 Å². The number of aromatic nitrogens is 1. The van der Waals surface area contributed by atoms with Gasteiger partial charge in [0.15, 0.2) is 0 Å². The van der Waals surface area contributed by atoms with Crippen LogP contribution >= 0.6 is 11.6 Å². The largest absolute Gasteiger partial charge is 0.376 e. The molecule has 1 fully saturated rings. The number of nitrogens with zero attached hydrogens (tertiary/aromatic N) is 2. The van der Waals surface area contributed by atoms with Gasteiger partial charge in [-0.3, -0.25) is 4.90 Å². The van der Waals surface area contributed by atoms with E-state index in [1.165, 1.54) is 0 Å². The second-order valence-corrected chi connectivity index (χ2v) is 5.79. The Morgan fingerprint density at radius 2 is 2.19 bits per heavy atom. The summed E-state index contributed by atoms with van der Waals surface area (Å²) in [4.78, 5) is 6.86. The highest BCUT2D eigenvalue weighted by molar-refractivity contribution is 6.35. The predicted molar refractivity (Wildman–Crippen MR) is 83.6 cm³/mol. The van der Waals surface area contributed by atoms with Crippen molar-refractivity contribution in [2.45, 2.75) is 12.6 Å². The minimum absolute atomic E-state index is 0.146. The van der Waals surface area contributed by atoms with Crippen molar-refractivity contribution in [1.82, 2.24) is 9.88 Å². The van der Waals surface area contributed by atoms with Crippen LogP contribution in [0.2, 0.25) is 5.02 Å². The number of likely N-dealkylation sites (N-methyl/N-ethyl adjacent to an activating group) is 1. The number of para-hydroxylation sites is 1. The molecular weight excluding hydrogens is 288 g/mol. The molecule has 5 heteroatoms. The first kappa shape index (κ1) is 14.7. The Bertz CT molecular complexity index is 614. The molecule has 2 aromatic rings. The summed E-state index contributed by atoms with van der Waals surface area (Å²) in [6.45, 7) is 3.65. The molecule has 112 valence electrons. The molecule has 21 heavy (non-hydrogen) atoms. The summed E-state index contributed by atoms with van der Waals surface area (Å²) in [6.07, 6.45) is 0.146. The number of ether oxygens (including phenoxy) is 2. The van der Waals surface area contributed by atoms with Crippen LogP contribution in [0.3, 0.4) is 0 Å². The van der Waals surface area contributed by atoms with Crippen LogP contribution in [0.5, 0.6) is 0 Å². The van der Waals surface area contributed by atoms with E-state index in [2.05, 4.69) is 23.0 Å². The third-order valence-corrected chi connectivity index (χ3v) is 3.87. The number of hydrogen-bond donors (Lipinski definition) is 0. The smallest absolute Gasteiger partial charge is 0.0936 e. The molecule has 1 aromatic heterocycles. The molecule has 1 aliphatic heterocycles. The summed E-state index contributed by atoms with van der Waals surface area (Å²) in [6, 6.07) is 9.95. The van der Waals surface area contributed by atoms with E-state index in [9.17, 15) is 0 Å². The maximum atomic E-state index is 6.21. The summed E-state index contributed by atoms with van der Waals surface area (Å²) in [5, 5.41) is 1.76. The first-order valence-electron chi connectivity index (χ1n) is 7.14. The predicted octanol–water partition coefficient (Wildman–Crippen LogP) is 2.74.